The Morgan fingerprint density at radius 1 is 1.21 bits per heavy atom. The minimum absolute atomic E-state index is 0.150. The van der Waals surface area contributed by atoms with Crippen LogP contribution in [-0.2, 0) is 4.74 Å². The monoisotopic (exact) mass is 261 g/mol. The molecule has 2 aliphatic rings. The van der Waals surface area contributed by atoms with Gasteiger partial charge in [0.1, 0.15) is 5.75 Å². The number of rotatable bonds is 2. The van der Waals surface area contributed by atoms with E-state index >= 15 is 0 Å². The van der Waals surface area contributed by atoms with Crippen LogP contribution >= 0.6 is 0 Å². The van der Waals surface area contributed by atoms with Crippen molar-refractivity contribution < 1.29 is 9.47 Å². The minimum Gasteiger partial charge on any atom is -0.497 e. The van der Waals surface area contributed by atoms with Gasteiger partial charge in [-0.1, -0.05) is 25.0 Å². The maximum absolute atomic E-state index is 6.18. The van der Waals surface area contributed by atoms with E-state index in [0.717, 1.165) is 12.4 Å². The summed E-state index contributed by atoms with van der Waals surface area (Å²) >= 11 is 0. The normalized spacial score (nSPS) is 29.6. The highest BCUT2D eigenvalue weighted by Gasteiger charge is 2.41. The van der Waals surface area contributed by atoms with Crippen LogP contribution in [0.5, 0.6) is 5.75 Å². The Bertz CT molecular complexity index is 423. The van der Waals surface area contributed by atoms with Crippen molar-refractivity contribution in [2.45, 2.75) is 50.3 Å². The van der Waals surface area contributed by atoms with E-state index in [9.17, 15) is 0 Å². The van der Waals surface area contributed by atoms with Gasteiger partial charge < -0.3 is 14.8 Å². The van der Waals surface area contributed by atoms with Gasteiger partial charge in [0.2, 0.25) is 0 Å². The molecule has 0 amide bonds. The van der Waals surface area contributed by atoms with Crippen molar-refractivity contribution in [1.82, 2.24) is 5.32 Å². The van der Waals surface area contributed by atoms with Crippen LogP contribution in [0.1, 0.15) is 44.3 Å². The Hall–Kier alpha value is -1.06. The molecule has 3 heteroatoms. The molecule has 1 N–H and O–H groups in total. The van der Waals surface area contributed by atoms with Crippen LogP contribution < -0.4 is 10.1 Å². The van der Waals surface area contributed by atoms with Crippen LogP contribution in [0.15, 0.2) is 24.3 Å². The summed E-state index contributed by atoms with van der Waals surface area (Å²) in [5.41, 5.74) is 1.48. The zero-order valence-corrected chi connectivity index (χ0v) is 11.8. The summed E-state index contributed by atoms with van der Waals surface area (Å²) < 4.78 is 11.4. The lowest BCUT2D eigenvalue weighted by Crippen LogP contribution is -2.57. The van der Waals surface area contributed by atoms with Gasteiger partial charge in [-0.25, -0.2) is 0 Å². The Labute approximate surface area is 115 Å². The zero-order chi connectivity index (χ0) is 13.3. The summed E-state index contributed by atoms with van der Waals surface area (Å²) in [6, 6.07) is 8.58. The number of hydrogen-bond acceptors (Lipinski definition) is 3. The predicted octanol–water partition coefficient (Wildman–Crippen LogP) is 3.06. The smallest absolute Gasteiger partial charge is 0.118 e. The lowest BCUT2D eigenvalue weighted by atomic mass is 9.91. The summed E-state index contributed by atoms with van der Waals surface area (Å²) in [6.45, 7) is 3.07. The SMILES string of the molecule is COc1ccc(C2OCC3(CCCC3)NC2C)cc1. The summed E-state index contributed by atoms with van der Waals surface area (Å²) in [5, 5.41) is 3.81. The van der Waals surface area contributed by atoms with Crippen LogP contribution in [-0.4, -0.2) is 25.3 Å². The highest BCUT2D eigenvalue weighted by atomic mass is 16.5. The fourth-order valence-electron chi connectivity index (χ4n) is 3.51. The number of benzene rings is 1. The Morgan fingerprint density at radius 3 is 2.47 bits per heavy atom. The average molecular weight is 261 g/mol. The molecule has 1 spiro atoms. The Kier molecular flexibility index (Phi) is 3.50. The number of ether oxygens (including phenoxy) is 2. The van der Waals surface area contributed by atoms with Crippen molar-refractivity contribution in [2.24, 2.45) is 0 Å². The molecule has 0 aromatic heterocycles. The molecule has 19 heavy (non-hydrogen) atoms. The zero-order valence-electron chi connectivity index (χ0n) is 11.8. The molecule has 3 rings (SSSR count). The predicted molar refractivity (Wildman–Crippen MR) is 75.5 cm³/mol. The Balaban J connectivity index is 1.72. The molecule has 1 aromatic rings. The van der Waals surface area contributed by atoms with E-state index in [0.29, 0.717) is 6.04 Å². The van der Waals surface area contributed by atoms with Crippen molar-refractivity contribution >= 4 is 0 Å². The summed E-state index contributed by atoms with van der Waals surface area (Å²) in [7, 11) is 1.69. The minimum atomic E-state index is 0.150. The van der Waals surface area contributed by atoms with Crippen molar-refractivity contribution in [3.05, 3.63) is 29.8 Å². The highest BCUT2D eigenvalue weighted by Crippen LogP contribution is 2.37. The first-order valence-corrected chi connectivity index (χ1v) is 7.26. The van der Waals surface area contributed by atoms with Crippen LogP contribution in [0.25, 0.3) is 0 Å². The molecule has 2 fully saturated rings. The molecule has 1 heterocycles. The van der Waals surface area contributed by atoms with Crippen LogP contribution in [0.4, 0.5) is 0 Å². The van der Waals surface area contributed by atoms with Crippen LogP contribution in [0, 0.1) is 0 Å². The van der Waals surface area contributed by atoms with E-state index < -0.39 is 0 Å². The molecule has 1 saturated carbocycles. The van der Waals surface area contributed by atoms with Gasteiger partial charge in [-0.2, -0.15) is 0 Å². The fraction of sp³-hybridized carbons (Fsp3) is 0.625. The van der Waals surface area contributed by atoms with Gasteiger partial charge in [0.05, 0.1) is 19.8 Å². The third kappa shape index (κ3) is 2.49. The van der Waals surface area contributed by atoms with Crippen LogP contribution in [0.3, 0.4) is 0 Å². The molecule has 1 aromatic carbocycles. The molecule has 0 radical (unpaired) electrons. The van der Waals surface area contributed by atoms with Crippen molar-refractivity contribution in [3.63, 3.8) is 0 Å². The van der Waals surface area contributed by atoms with Gasteiger partial charge in [0.25, 0.3) is 0 Å². The molecule has 0 bridgehead atoms. The van der Waals surface area contributed by atoms with Gasteiger partial charge in [0.15, 0.2) is 0 Å². The third-order valence-electron chi connectivity index (χ3n) is 4.53. The van der Waals surface area contributed by atoms with Crippen molar-refractivity contribution in [3.8, 4) is 5.75 Å². The quantitative estimate of drug-likeness (QED) is 0.887. The van der Waals surface area contributed by atoms with E-state index in [1.807, 2.05) is 12.1 Å². The summed E-state index contributed by atoms with van der Waals surface area (Å²) in [4.78, 5) is 0. The molecular formula is C16H23NO2. The van der Waals surface area contributed by atoms with Gasteiger partial charge in [-0.05, 0) is 37.5 Å². The largest absolute Gasteiger partial charge is 0.497 e. The van der Waals surface area contributed by atoms with E-state index in [1.165, 1.54) is 31.2 Å². The molecular weight excluding hydrogens is 238 g/mol. The Morgan fingerprint density at radius 2 is 1.89 bits per heavy atom. The third-order valence-corrected chi connectivity index (χ3v) is 4.53. The highest BCUT2D eigenvalue weighted by molar-refractivity contribution is 5.29. The molecule has 1 aliphatic heterocycles. The topological polar surface area (TPSA) is 30.5 Å². The maximum Gasteiger partial charge on any atom is 0.118 e. The summed E-state index contributed by atoms with van der Waals surface area (Å²) in [6.07, 6.45) is 5.32. The maximum atomic E-state index is 6.18. The molecule has 2 atom stereocenters. The second kappa shape index (κ2) is 5.14. The van der Waals surface area contributed by atoms with E-state index in [-0.39, 0.29) is 11.6 Å². The lowest BCUT2D eigenvalue weighted by Gasteiger charge is -2.43. The number of morpholine rings is 1. The van der Waals surface area contributed by atoms with Crippen molar-refractivity contribution in [2.75, 3.05) is 13.7 Å². The summed E-state index contributed by atoms with van der Waals surface area (Å²) in [5.74, 6) is 0.896. The average Bonchev–Trinajstić information content (AvgIpc) is 2.87. The van der Waals surface area contributed by atoms with Gasteiger partial charge in [-0.15, -0.1) is 0 Å². The molecule has 104 valence electrons. The van der Waals surface area contributed by atoms with Gasteiger partial charge in [-0.3, -0.25) is 0 Å². The first kappa shape index (κ1) is 12.9. The lowest BCUT2D eigenvalue weighted by molar-refractivity contribution is -0.0587. The van der Waals surface area contributed by atoms with Crippen molar-refractivity contribution in [1.29, 1.82) is 0 Å². The van der Waals surface area contributed by atoms with Gasteiger partial charge in [0, 0.05) is 11.6 Å². The van der Waals surface area contributed by atoms with E-state index in [1.54, 1.807) is 7.11 Å². The molecule has 1 aliphatic carbocycles. The molecule has 3 nitrogen and oxygen atoms in total. The number of nitrogens with one attached hydrogen (secondary N) is 1. The van der Waals surface area contributed by atoms with Crippen LogP contribution in [0.2, 0.25) is 0 Å². The second-order valence-electron chi connectivity index (χ2n) is 5.93. The molecule has 1 saturated heterocycles. The van der Waals surface area contributed by atoms with E-state index in [4.69, 9.17) is 9.47 Å². The first-order valence-electron chi connectivity index (χ1n) is 7.26. The second-order valence-corrected chi connectivity index (χ2v) is 5.93. The number of methoxy groups -OCH3 is 1. The standard InChI is InChI=1S/C16H23NO2/c1-12-15(13-5-7-14(18-2)8-6-13)19-11-16(17-12)9-3-4-10-16/h5-8,12,15,17H,3-4,9-11H2,1-2H3. The number of hydrogen-bond donors (Lipinski definition) is 1. The van der Waals surface area contributed by atoms with Gasteiger partial charge >= 0.3 is 0 Å². The first-order chi connectivity index (χ1) is 9.22. The molecule has 2 unspecified atom stereocenters. The fourth-order valence-corrected chi connectivity index (χ4v) is 3.51. The van der Waals surface area contributed by atoms with E-state index in [2.05, 4.69) is 24.4 Å².